The third kappa shape index (κ3) is 2.84. The Morgan fingerprint density at radius 2 is 1.93 bits per heavy atom. The van der Waals surface area contributed by atoms with E-state index in [1.54, 1.807) is 0 Å². The van der Waals surface area contributed by atoms with Gasteiger partial charge in [-0.3, -0.25) is 0 Å². The van der Waals surface area contributed by atoms with E-state index in [1.165, 1.54) is 6.07 Å². The highest BCUT2D eigenvalue weighted by Crippen LogP contribution is 2.36. The SMILES string of the molecule is CC(C)c1cc(O)c(OS(=O)[O-])cc1O. The summed E-state index contributed by atoms with van der Waals surface area (Å²) in [5.41, 5.74) is 0.525. The van der Waals surface area contributed by atoms with Gasteiger partial charge in [-0.05, 0) is 12.0 Å². The van der Waals surface area contributed by atoms with Crippen molar-refractivity contribution in [3.05, 3.63) is 17.7 Å². The molecule has 0 saturated carbocycles. The average Bonchev–Trinajstić information content (AvgIpc) is 2.09. The van der Waals surface area contributed by atoms with Gasteiger partial charge in [0.15, 0.2) is 11.5 Å². The van der Waals surface area contributed by atoms with Gasteiger partial charge in [0.25, 0.3) is 0 Å². The maximum atomic E-state index is 10.2. The standard InChI is InChI=1S/C9H12O5S/c1-5(2)6-3-8(11)9(4-7(6)10)14-15(12)13/h3-5,10-11H,1-2H3,(H,12,13)/p-1. The number of phenols is 2. The Morgan fingerprint density at radius 3 is 2.40 bits per heavy atom. The Bertz CT molecular complexity index is 388. The average molecular weight is 231 g/mol. The second-order valence-corrected chi connectivity index (χ2v) is 3.90. The van der Waals surface area contributed by atoms with E-state index in [2.05, 4.69) is 4.18 Å². The van der Waals surface area contributed by atoms with Crippen molar-refractivity contribution in [1.29, 1.82) is 0 Å². The number of rotatable bonds is 3. The lowest BCUT2D eigenvalue weighted by atomic mass is 10.0. The van der Waals surface area contributed by atoms with Crippen LogP contribution in [0.2, 0.25) is 0 Å². The molecule has 0 spiro atoms. The summed E-state index contributed by atoms with van der Waals surface area (Å²) in [5, 5.41) is 18.9. The predicted octanol–water partition coefficient (Wildman–Crippen LogP) is 1.39. The topological polar surface area (TPSA) is 89.8 Å². The highest BCUT2D eigenvalue weighted by molar-refractivity contribution is 7.74. The van der Waals surface area contributed by atoms with Crippen LogP contribution in [0.3, 0.4) is 0 Å². The zero-order chi connectivity index (χ0) is 11.6. The molecular weight excluding hydrogens is 220 g/mol. The van der Waals surface area contributed by atoms with Gasteiger partial charge < -0.3 is 18.9 Å². The maximum absolute atomic E-state index is 10.2. The van der Waals surface area contributed by atoms with Crippen molar-refractivity contribution in [2.75, 3.05) is 0 Å². The summed E-state index contributed by atoms with van der Waals surface area (Å²) in [7, 11) is 0. The minimum Gasteiger partial charge on any atom is -0.740 e. The number of hydrogen-bond acceptors (Lipinski definition) is 5. The van der Waals surface area contributed by atoms with Gasteiger partial charge in [0.2, 0.25) is 0 Å². The quantitative estimate of drug-likeness (QED) is 0.606. The smallest absolute Gasteiger partial charge is 0.184 e. The van der Waals surface area contributed by atoms with Gasteiger partial charge in [0.05, 0.1) is 0 Å². The number of benzene rings is 1. The van der Waals surface area contributed by atoms with E-state index >= 15 is 0 Å². The third-order valence-corrected chi connectivity index (χ3v) is 2.20. The van der Waals surface area contributed by atoms with E-state index in [0.717, 1.165) is 6.07 Å². The fourth-order valence-corrected chi connectivity index (χ4v) is 1.46. The Kier molecular flexibility index (Phi) is 3.54. The van der Waals surface area contributed by atoms with Crippen LogP contribution in [0, 0.1) is 0 Å². The Morgan fingerprint density at radius 1 is 1.33 bits per heavy atom. The molecule has 1 atom stereocenters. The molecule has 0 heterocycles. The molecule has 0 aromatic heterocycles. The first kappa shape index (κ1) is 11.8. The highest BCUT2D eigenvalue weighted by Gasteiger charge is 2.12. The molecule has 0 radical (unpaired) electrons. The van der Waals surface area contributed by atoms with Crippen LogP contribution < -0.4 is 4.18 Å². The van der Waals surface area contributed by atoms with Gasteiger partial charge >= 0.3 is 0 Å². The van der Waals surface area contributed by atoms with Crippen LogP contribution in [-0.4, -0.2) is 19.0 Å². The minimum atomic E-state index is -2.77. The molecule has 84 valence electrons. The number of hydrogen-bond donors (Lipinski definition) is 2. The lowest BCUT2D eigenvalue weighted by molar-refractivity contribution is 0.402. The van der Waals surface area contributed by atoms with Crippen molar-refractivity contribution in [1.82, 2.24) is 0 Å². The van der Waals surface area contributed by atoms with Crippen molar-refractivity contribution >= 4 is 11.4 Å². The molecule has 0 amide bonds. The van der Waals surface area contributed by atoms with Gasteiger partial charge in [-0.15, -0.1) is 0 Å². The summed E-state index contributed by atoms with van der Waals surface area (Å²) in [6.45, 7) is 3.67. The number of aromatic hydroxyl groups is 2. The molecule has 1 rings (SSSR count). The summed E-state index contributed by atoms with van der Waals surface area (Å²) in [6.07, 6.45) is 0. The Hall–Kier alpha value is -1.27. The molecule has 15 heavy (non-hydrogen) atoms. The van der Waals surface area contributed by atoms with Crippen LogP contribution in [0.1, 0.15) is 25.3 Å². The minimum absolute atomic E-state index is 0.0164. The van der Waals surface area contributed by atoms with Crippen LogP contribution in [0.25, 0.3) is 0 Å². The van der Waals surface area contributed by atoms with Gasteiger partial charge in [-0.25, -0.2) is 4.21 Å². The summed E-state index contributed by atoms with van der Waals surface area (Å²) >= 11 is -2.77. The second kappa shape index (κ2) is 4.50. The second-order valence-electron chi connectivity index (χ2n) is 3.32. The summed E-state index contributed by atoms with van der Waals surface area (Å²) < 4.78 is 24.7. The normalized spacial score (nSPS) is 12.8. The molecule has 0 aliphatic rings. The molecule has 0 aliphatic carbocycles. The predicted molar refractivity (Wildman–Crippen MR) is 53.4 cm³/mol. The summed E-state index contributed by atoms with van der Waals surface area (Å²) in [5.74, 6) is -0.697. The highest BCUT2D eigenvalue weighted by atomic mass is 32.2. The maximum Gasteiger partial charge on any atom is 0.184 e. The Balaban J connectivity index is 3.13. The fourth-order valence-electron chi connectivity index (χ4n) is 1.18. The zero-order valence-corrected chi connectivity index (χ0v) is 9.08. The van der Waals surface area contributed by atoms with Crippen LogP contribution in [0.15, 0.2) is 12.1 Å². The first-order valence-corrected chi connectivity index (χ1v) is 5.25. The van der Waals surface area contributed by atoms with E-state index in [1.807, 2.05) is 13.8 Å². The van der Waals surface area contributed by atoms with Gasteiger partial charge in [-0.1, -0.05) is 13.8 Å². The molecule has 2 N–H and O–H groups in total. The van der Waals surface area contributed by atoms with Gasteiger partial charge in [0.1, 0.15) is 17.1 Å². The van der Waals surface area contributed by atoms with E-state index < -0.39 is 11.4 Å². The van der Waals surface area contributed by atoms with E-state index in [-0.39, 0.29) is 23.2 Å². The molecule has 1 aromatic rings. The summed E-state index contributed by atoms with van der Waals surface area (Å²) in [6, 6.07) is 2.35. The van der Waals surface area contributed by atoms with Crippen molar-refractivity contribution in [3.63, 3.8) is 0 Å². The monoisotopic (exact) mass is 231 g/mol. The fraction of sp³-hybridized carbons (Fsp3) is 0.333. The molecule has 0 fully saturated rings. The molecule has 0 saturated heterocycles. The van der Waals surface area contributed by atoms with Crippen LogP contribution >= 0.6 is 0 Å². The summed E-state index contributed by atoms with van der Waals surface area (Å²) in [4.78, 5) is 0. The van der Waals surface area contributed by atoms with E-state index in [9.17, 15) is 19.0 Å². The van der Waals surface area contributed by atoms with E-state index in [0.29, 0.717) is 5.56 Å². The van der Waals surface area contributed by atoms with Crippen LogP contribution in [-0.2, 0) is 11.4 Å². The van der Waals surface area contributed by atoms with Crippen LogP contribution in [0.4, 0.5) is 0 Å². The number of phenolic OH excluding ortho intramolecular Hbond substituents is 2. The molecule has 1 unspecified atom stereocenters. The zero-order valence-electron chi connectivity index (χ0n) is 8.26. The third-order valence-electron chi connectivity index (χ3n) is 1.89. The molecule has 1 aromatic carbocycles. The van der Waals surface area contributed by atoms with Gasteiger partial charge in [0, 0.05) is 11.6 Å². The largest absolute Gasteiger partial charge is 0.740 e. The van der Waals surface area contributed by atoms with Crippen molar-refractivity contribution in [3.8, 4) is 17.2 Å². The molecular formula is C9H11O5S-. The molecule has 5 nitrogen and oxygen atoms in total. The van der Waals surface area contributed by atoms with Crippen molar-refractivity contribution in [2.24, 2.45) is 0 Å². The van der Waals surface area contributed by atoms with Gasteiger partial charge in [-0.2, -0.15) is 0 Å². The van der Waals surface area contributed by atoms with Crippen molar-refractivity contribution < 1.29 is 23.2 Å². The lowest BCUT2D eigenvalue weighted by Gasteiger charge is -2.13. The lowest BCUT2D eigenvalue weighted by Crippen LogP contribution is -1.99. The first-order valence-electron chi connectivity index (χ1n) is 4.25. The molecule has 0 aliphatic heterocycles. The van der Waals surface area contributed by atoms with E-state index in [4.69, 9.17) is 0 Å². The first-order chi connectivity index (χ1) is 6.91. The van der Waals surface area contributed by atoms with Crippen molar-refractivity contribution in [2.45, 2.75) is 19.8 Å². The molecule has 0 bridgehead atoms. The molecule has 6 heteroatoms. The van der Waals surface area contributed by atoms with Crippen LogP contribution in [0.5, 0.6) is 17.2 Å². The Labute approximate surface area is 89.8 Å².